The third kappa shape index (κ3) is 3.66. The summed E-state index contributed by atoms with van der Waals surface area (Å²) in [6, 6.07) is 2.50. The molecule has 1 unspecified atom stereocenters. The van der Waals surface area contributed by atoms with Gasteiger partial charge in [0.15, 0.2) is 11.5 Å². The van der Waals surface area contributed by atoms with Gasteiger partial charge in [0.2, 0.25) is 5.91 Å². The van der Waals surface area contributed by atoms with Crippen LogP contribution in [0.25, 0.3) is 0 Å². The SMILES string of the molecule is Cc1cc(NC(=O)C(C)Cn2nc(C(F)(F)F)cc2C)no1. The molecule has 2 rings (SSSR count). The molecule has 0 bridgehead atoms. The second-order valence-corrected chi connectivity index (χ2v) is 5.06. The molecular formula is C13H15F3N4O2. The zero-order chi connectivity index (χ0) is 16.5. The van der Waals surface area contributed by atoms with E-state index in [2.05, 4.69) is 15.6 Å². The van der Waals surface area contributed by atoms with Crippen molar-refractivity contribution in [2.75, 3.05) is 5.32 Å². The summed E-state index contributed by atoms with van der Waals surface area (Å²) in [6.45, 7) is 4.81. The van der Waals surface area contributed by atoms with E-state index in [4.69, 9.17) is 4.52 Å². The fourth-order valence-corrected chi connectivity index (χ4v) is 1.85. The van der Waals surface area contributed by atoms with Crippen LogP contribution >= 0.6 is 0 Å². The van der Waals surface area contributed by atoms with E-state index in [1.165, 1.54) is 11.6 Å². The lowest BCUT2D eigenvalue weighted by molar-refractivity contribution is -0.141. The first-order valence-corrected chi connectivity index (χ1v) is 6.52. The Labute approximate surface area is 124 Å². The Kier molecular flexibility index (Phi) is 4.25. The van der Waals surface area contributed by atoms with Crippen molar-refractivity contribution in [3.05, 3.63) is 29.3 Å². The Morgan fingerprint density at radius 1 is 1.41 bits per heavy atom. The normalized spacial score (nSPS) is 13.2. The van der Waals surface area contributed by atoms with Crippen LogP contribution in [0, 0.1) is 19.8 Å². The predicted octanol–water partition coefficient (Wildman–Crippen LogP) is 2.78. The standard InChI is InChI=1S/C13H15F3N4O2/c1-7(12(21)17-11-5-9(3)22-19-11)6-20-8(2)4-10(18-20)13(14,15)16/h4-5,7H,6H2,1-3H3,(H,17,19,21). The van der Waals surface area contributed by atoms with Crippen molar-refractivity contribution in [2.45, 2.75) is 33.5 Å². The Hall–Kier alpha value is -2.32. The molecule has 0 aromatic carbocycles. The lowest BCUT2D eigenvalue weighted by Gasteiger charge is -2.12. The molecule has 0 saturated carbocycles. The third-order valence-electron chi connectivity index (χ3n) is 3.05. The molecule has 2 heterocycles. The highest BCUT2D eigenvalue weighted by Gasteiger charge is 2.34. The third-order valence-corrected chi connectivity index (χ3v) is 3.05. The lowest BCUT2D eigenvalue weighted by atomic mass is 10.1. The van der Waals surface area contributed by atoms with Crippen LogP contribution in [-0.2, 0) is 17.5 Å². The van der Waals surface area contributed by atoms with Gasteiger partial charge in [-0.1, -0.05) is 12.1 Å². The zero-order valence-electron chi connectivity index (χ0n) is 12.2. The van der Waals surface area contributed by atoms with Crippen molar-refractivity contribution >= 4 is 11.7 Å². The first-order valence-electron chi connectivity index (χ1n) is 6.52. The number of aromatic nitrogens is 3. The molecular weight excluding hydrogens is 301 g/mol. The van der Waals surface area contributed by atoms with Crippen molar-refractivity contribution in [3.63, 3.8) is 0 Å². The van der Waals surface area contributed by atoms with Crippen molar-refractivity contribution < 1.29 is 22.5 Å². The van der Waals surface area contributed by atoms with Crippen LogP contribution in [0.4, 0.5) is 19.0 Å². The number of hydrogen-bond donors (Lipinski definition) is 1. The number of aryl methyl sites for hydroxylation is 2. The molecule has 0 aliphatic carbocycles. The van der Waals surface area contributed by atoms with Gasteiger partial charge in [0, 0.05) is 11.8 Å². The monoisotopic (exact) mass is 316 g/mol. The minimum atomic E-state index is -4.50. The summed E-state index contributed by atoms with van der Waals surface area (Å²) in [5.41, 5.74) is -0.631. The van der Waals surface area contributed by atoms with Crippen LogP contribution in [0.15, 0.2) is 16.7 Å². The summed E-state index contributed by atoms with van der Waals surface area (Å²) in [4.78, 5) is 12.0. The number of nitrogens with one attached hydrogen (secondary N) is 1. The summed E-state index contributed by atoms with van der Waals surface area (Å²) in [5.74, 6) is -0.156. The van der Waals surface area contributed by atoms with Gasteiger partial charge in [-0.05, 0) is 19.9 Å². The minimum absolute atomic E-state index is 0.0323. The fourth-order valence-electron chi connectivity index (χ4n) is 1.85. The Bertz CT molecular complexity index is 675. The Morgan fingerprint density at radius 3 is 2.59 bits per heavy atom. The van der Waals surface area contributed by atoms with E-state index in [0.29, 0.717) is 11.5 Å². The first kappa shape index (κ1) is 16.1. The van der Waals surface area contributed by atoms with Crippen molar-refractivity contribution in [2.24, 2.45) is 5.92 Å². The molecule has 0 spiro atoms. The van der Waals surface area contributed by atoms with E-state index >= 15 is 0 Å². The topological polar surface area (TPSA) is 73.0 Å². The molecule has 1 N–H and O–H groups in total. The van der Waals surface area contributed by atoms with Crippen LogP contribution in [0.2, 0.25) is 0 Å². The minimum Gasteiger partial charge on any atom is -0.360 e. The van der Waals surface area contributed by atoms with Crippen molar-refractivity contribution in [1.82, 2.24) is 14.9 Å². The van der Waals surface area contributed by atoms with Gasteiger partial charge in [-0.15, -0.1) is 0 Å². The van der Waals surface area contributed by atoms with Crippen molar-refractivity contribution in [1.29, 1.82) is 0 Å². The first-order chi connectivity index (χ1) is 10.2. The molecule has 1 atom stereocenters. The van der Waals surface area contributed by atoms with Crippen LogP contribution in [0.1, 0.15) is 24.1 Å². The number of alkyl halides is 3. The van der Waals surface area contributed by atoms with Gasteiger partial charge >= 0.3 is 6.18 Å². The van der Waals surface area contributed by atoms with E-state index in [1.807, 2.05) is 0 Å². The number of nitrogens with zero attached hydrogens (tertiary/aromatic N) is 3. The largest absolute Gasteiger partial charge is 0.435 e. The van der Waals surface area contributed by atoms with Gasteiger partial charge in [-0.3, -0.25) is 9.48 Å². The number of carbonyl (C=O) groups is 1. The number of rotatable bonds is 4. The van der Waals surface area contributed by atoms with Crippen LogP contribution in [-0.4, -0.2) is 20.8 Å². The number of carbonyl (C=O) groups excluding carboxylic acids is 1. The van der Waals surface area contributed by atoms with Gasteiger partial charge in [-0.2, -0.15) is 18.3 Å². The van der Waals surface area contributed by atoms with Gasteiger partial charge in [-0.25, -0.2) is 0 Å². The molecule has 6 nitrogen and oxygen atoms in total. The number of amides is 1. The smallest absolute Gasteiger partial charge is 0.360 e. The lowest BCUT2D eigenvalue weighted by Crippen LogP contribution is -2.25. The highest BCUT2D eigenvalue weighted by Crippen LogP contribution is 2.28. The number of anilines is 1. The molecule has 1 amide bonds. The maximum Gasteiger partial charge on any atom is 0.435 e. The summed E-state index contributed by atoms with van der Waals surface area (Å²) < 4.78 is 43.8. The second kappa shape index (κ2) is 5.82. The molecule has 0 fully saturated rings. The van der Waals surface area contributed by atoms with E-state index in [-0.39, 0.29) is 18.3 Å². The molecule has 0 aliphatic rings. The van der Waals surface area contributed by atoms with E-state index in [9.17, 15) is 18.0 Å². The van der Waals surface area contributed by atoms with E-state index in [1.54, 1.807) is 19.9 Å². The molecule has 9 heteroatoms. The highest BCUT2D eigenvalue weighted by molar-refractivity contribution is 5.91. The summed E-state index contributed by atoms with van der Waals surface area (Å²) in [6.07, 6.45) is -4.50. The fraction of sp³-hybridized carbons (Fsp3) is 0.462. The molecule has 0 saturated heterocycles. The van der Waals surface area contributed by atoms with Gasteiger partial charge in [0.1, 0.15) is 5.76 Å². The van der Waals surface area contributed by atoms with E-state index in [0.717, 1.165) is 6.07 Å². The molecule has 120 valence electrons. The summed E-state index contributed by atoms with van der Waals surface area (Å²) in [7, 11) is 0. The summed E-state index contributed by atoms with van der Waals surface area (Å²) >= 11 is 0. The van der Waals surface area contributed by atoms with Crippen LogP contribution in [0.3, 0.4) is 0 Å². The predicted molar refractivity (Wildman–Crippen MR) is 71.0 cm³/mol. The van der Waals surface area contributed by atoms with Gasteiger partial charge in [0.25, 0.3) is 0 Å². The van der Waals surface area contributed by atoms with Gasteiger partial charge in [0.05, 0.1) is 12.5 Å². The zero-order valence-corrected chi connectivity index (χ0v) is 12.2. The second-order valence-electron chi connectivity index (χ2n) is 5.06. The molecule has 0 aliphatic heterocycles. The quantitative estimate of drug-likeness (QED) is 0.941. The molecule has 22 heavy (non-hydrogen) atoms. The maximum atomic E-state index is 12.6. The average molecular weight is 316 g/mol. The molecule has 2 aromatic rings. The summed E-state index contributed by atoms with van der Waals surface area (Å²) in [5, 5.41) is 9.65. The molecule has 0 radical (unpaired) electrons. The maximum absolute atomic E-state index is 12.6. The van der Waals surface area contributed by atoms with Crippen LogP contribution in [0.5, 0.6) is 0 Å². The highest BCUT2D eigenvalue weighted by atomic mass is 19.4. The number of halogens is 3. The Morgan fingerprint density at radius 2 is 2.09 bits per heavy atom. The average Bonchev–Trinajstić information content (AvgIpc) is 2.96. The Balaban J connectivity index is 2.03. The number of hydrogen-bond acceptors (Lipinski definition) is 4. The van der Waals surface area contributed by atoms with Crippen molar-refractivity contribution in [3.8, 4) is 0 Å². The molecule has 2 aromatic heterocycles. The van der Waals surface area contributed by atoms with Gasteiger partial charge < -0.3 is 9.84 Å². The van der Waals surface area contributed by atoms with E-state index < -0.39 is 17.8 Å². The van der Waals surface area contributed by atoms with Crippen LogP contribution < -0.4 is 5.32 Å².